The van der Waals surface area contributed by atoms with Crippen molar-refractivity contribution in [3.05, 3.63) is 34.8 Å². The van der Waals surface area contributed by atoms with Gasteiger partial charge in [-0.2, -0.15) is 4.31 Å². The molecule has 1 amide bonds. The number of ether oxygens (including phenoxy) is 1. The van der Waals surface area contributed by atoms with Crippen molar-refractivity contribution >= 4 is 32.4 Å². The van der Waals surface area contributed by atoms with E-state index in [1.54, 1.807) is 0 Å². The Bertz CT molecular complexity index is 960. The predicted molar refractivity (Wildman–Crippen MR) is 105 cm³/mol. The number of morpholine rings is 1. The molecule has 10 heteroatoms. The second-order valence-electron chi connectivity index (χ2n) is 7.28. The van der Waals surface area contributed by atoms with E-state index in [4.69, 9.17) is 4.74 Å². The smallest absolute Gasteiger partial charge is 0.257 e. The second-order valence-corrected chi connectivity index (χ2v) is 10.2. The van der Waals surface area contributed by atoms with Gasteiger partial charge in [0.1, 0.15) is 5.01 Å². The minimum Gasteiger partial charge on any atom is -0.373 e. The third-order valence-corrected chi connectivity index (χ3v) is 7.58. The Morgan fingerprint density at radius 1 is 1.14 bits per heavy atom. The average Bonchev–Trinajstić information content (AvgIpc) is 3.40. The first-order chi connectivity index (χ1) is 13.3. The van der Waals surface area contributed by atoms with E-state index in [2.05, 4.69) is 15.5 Å². The highest BCUT2D eigenvalue weighted by molar-refractivity contribution is 7.89. The summed E-state index contributed by atoms with van der Waals surface area (Å²) >= 11 is 1.38. The molecule has 150 valence electrons. The zero-order chi connectivity index (χ0) is 19.9. The molecule has 2 aliphatic rings. The van der Waals surface area contributed by atoms with Gasteiger partial charge >= 0.3 is 0 Å². The fourth-order valence-electron chi connectivity index (χ4n) is 3.20. The molecule has 2 aromatic rings. The van der Waals surface area contributed by atoms with Crippen LogP contribution in [0, 0.1) is 0 Å². The first kappa shape index (κ1) is 19.4. The van der Waals surface area contributed by atoms with Crippen LogP contribution in [0.25, 0.3) is 0 Å². The highest BCUT2D eigenvalue weighted by atomic mass is 32.2. The van der Waals surface area contributed by atoms with Crippen molar-refractivity contribution in [1.29, 1.82) is 0 Å². The largest absolute Gasteiger partial charge is 0.373 e. The molecule has 1 aromatic carbocycles. The number of carbonyl (C=O) groups excluding carboxylic acids is 1. The number of nitrogens with one attached hydrogen (secondary N) is 1. The van der Waals surface area contributed by atoms with Gasteiger partial charge in [-0.05, 0) is 51.0 Å². The van der Waals surface area contributed by atoms with Gasteiger partial charge in [-0.3, -0.25) is 10.1 Å². The zero-order valence-corrected chi connectivity index (χ0v) is 17.3. The van der Waals surface area contributed by atoms with Gasteiger partial charge in [0, 0.05) is 24.6 Å². The molecule has 8 nitrogen and oxygen atoms in total. The lowest BCUT2D eigenvalue weighted by Gasteiger charge is -2.34. The van der Waals surface area contributed by atoms with E-state index < -0.39 is 10.0 Å². The normalized spacial score (nSPS) is 23.5. The fraction of sp³-hybridized carbons (Fsp3) is 0.500. The molecule has 1 N–H and O–H groups in total. The van der Waals surface area contributed by atoms with Crippen LogP contribution in [0.1, 0.15) is 48.0 Å². The molecule has 0 radical (unpaired) electrons. The average molecular weight is 423 g/mol. The first-order valence-electron chi connectivity index (χ1n) is 9.23. The molecular weight excluding hydrogens is 400 g/mol. The molecular formula is C18H22N4O4S2. The number of amides is 1. The van der Waals surface area contributed by atoms with Crippen LogP contribution >= 0.6 is 11.3 Å². The highest BCUT2D eigenvalue weighted by Crippen LogP contribution is 2.42. The van der Waals surface area contributed by atoms with E-state index in [1.807, 2.05) is 13.8 Å². The van der Waals surface area contributed by atoms with Gasteiger partial charge < -0.3 is 4.74 Å². The molecule has 2 heterocycles. The molecule has 0 unspecified atom stereocenters. The lowest BCUT2D eigenvalue weighted by molar-refractivity contribution is -0.0440. The van der Waals surface area contributed by atoms with Crippen molar-refractivity contribution in [2.75, 3.05) is 18.4 Å². The van der Waals surface area contributed by atoms with E-state index in [0.717, 1.165) is 17.8 Å². The SMILES string of the molecule is C[C@H]1CN(S(=O)(=O)c2ccc(C(=O)Nc3nnc(C4CC4)s3)cc2)C[C@H](C)O1. The molecule has 28 heavy (non-hydrogen) atoms. The number of anilines is 1. The third kappa shape index (κ3) is 4.09. The zero-order valence-electron chi connectivity index (χ0n) is 15.7. The Morgan fingerprint density at radius 3 is 2.39 bits per heavy atom. The first-order valence-corrected chi connectivity index (χ1v) is 11.5. The molecule has 1 saturated heterocycles. The van der Waals surface area contributed by atoms with Gasteiger partial charge in [0.05, 0.1) is 17.1 Å². The molecule has 1 saturated carbocycles. The number of hydrogen-bond donors (Lipinski definition) is 1. The number of sulfonamides is 1. The number of hydrogen-bond acceptors (Lipinski definition) is 7. The van der Waals surface area contributed by atoms with Crippen LogP contribution in [0.2, 0.25) is 0 Å². The van der Waals surface area contributed by atoms with Crippen LogP contribution in [0.15, 0.2) is 29.2 Å². The van der Waals surface area contributed by atoms with Gasteiger partial charge in [-0.15, -0.1) is 10.2 Å². The molecule has 1 aromatic heterocycles. The Kier molecular flexibility index (Phi) is 5.21. The molecule has 0 bridgehead atoms. The van der Waals surface area contributed by atoms with Crippen molar-refractivity contribution in [3.8, 4) is 0 Å². The number of aromatic nitrogens is 2. The van der Waals surface area contributed by atoms with Gasteiger partial charge in [-0.1, -0.05) is 11.3 Å². The van der Waals surface area contributed by atoms with Crippen molar-refractivity contribution in [2.45, 2.75) is 49.7 Å². The van der Waals surface area contributed by atoms with E-state index in [0.29, 0.717) is 29.7 Å². The van der Waals surface area contributed by atoms with Crippen molar-refractivity contribution in [1.82, 2.24) is 14.5 Å². The van der Waals surface area contributed by atoms with Crippen LogP contribution in [0.3, 0.4) is 0 Å². The lowest BCUT2D eigenvalue weighted by atomic mass is 10.2. The molecule has 4 rings (SSSR count). The summed E-state index contributed by atoms with van der Waals surface area (Å²) in [6.45, 7) is 4.34. The van der Waals surface area contributed by atoms with Gasteiger partial charge in [0.15, 0.2) is 0 Å². The molecule has 1 aliphatic heterocycles. The van der Waals surface area contributed by atoms with E-state index in [-0.39, 0.29) is 23.0 Å². The molecule has 2 atom stereocenters. The summed E-state index contributed by atoms with van der Waals surface area (Å²) < 4.78 is 32.8. The van der Waals surface area contributed by atoms with Crippen LogP contribution in [-0.2, 0) is 14.8 Å². The van der Waals surface area contributed by atoms with Gasteiger partial charge in [-0.25, -0.2) is 8.42 Å². The van der Waals surface area contributed by atoms with Crippen LogP contribution in [0.4, 0.5) is 5.13 Å². The van der Waals surface area contributed by atoms with E-state index in [9.17, 15) is 13.2 Å². The van der Waals surface area contributed by atoms with Crippen molar-refractivity contribution in [2.24, 2.45) is 0 Å². The number of benzene rings is 1. The Labute approximate surface area is 168 Å². The van der Waals surface area contributed by atoms with Gasteiger partial charge in [0.2, 0.25) is 15.2 Å². The minimum absolute atomic E-state index is 0.156. The summed E-state index contributed by atoms with van der Waals surface area (Å²) in [5.74, 6) is 0.148. The summed E-state index contributed by atoms with van der Waals surface area (Å²) in [5.41, 5.74) is 0.367. The summed E-state index contributed by atoms with van der Waals surface area (Å²) in [6, 6.07) is 5.95. The highest BCUT2D eigenvalue weighted by Gasteiger charge is 2.32. The monoisotopic (exact) mass is 422 g/mol. The molecule has 0 spiro atoms. The summed E-state index contributed by atoms with van der Waals surface area (Å²) in [7, 11) is -3.63. The summed E-state index contributed by atoms with van der Waals surface area (Å²) in [4.78, 5) is 12.6. The van der Waals surface area contributed by atoms with Crippen LogP contribution in [0.5, 0.6) is 0 Å². The second kappa shape index (κ2) is 7.51. The van der Waals surface area contributed by atoms with E-state index in [1.165, 1.54) is 39.9 Å². The lowest BCUT2D eigenvalue weighted by Crippen LogP contribution is -2.48. The predicted octanol–water partition coefficient (Wildman–Crippen LogP) is 2.47. The number of nitrogens with zero attached hydrogens (tertiary/aromatic N) is 3. The van der Waals surface area contributed by atoms with E-state index >= 15 is 0 Å². The minimum atomic E-state index is -3.63. The Morgan fingerprint density at radius 2 is 1.79 bits per heavy atom. The maximum atomic E-state index is 12.9. The van der Waals surface area contributed by atoms with Crippen molar-refractivity contribution < 1.29 is 17.9 Å². The molecule has 1 aliphatic carbocycles. The van der Waals surface area contributed by atoms with Crippen LogP contribution in [-0.4, -0.2) is 54.1 Å². The Hall–Kier alpha value is -1.88. The summed E-state index contributed by atoms with van der Waals surface area (Å²) in [6.07, 6.45) is 1.94. The topological polar surface area (TPSA) is 101 Å². The number of carbonyl (C=O) groups is 1. The third-order valence-electron chi connectivity index (χ3n) is 4.73. The van der Waals surface area contributed by atoms with Crippen molar-refractivity contribution in [3.63, 3.8) is 0 Å². The maximum absolute atomic E-state index is 12.9. The van der Waals surface area contributed by atoms with Crippen LogP contribution < -0.4 is 5.32 Å². The fourth-order valence-corrected chi connectivity index (χ4v) is 5.70. The standard InChI is InChI=1S/C18H22N4O4S2/c1-11-9-22(10-12(2)26-11)28(24,25)15-7-5-13(6-8-15)16(23)19-18-21-20-17(27-18)14-3-4-14/h5-8,11-12,14H,3-4,9-10H2,1-2H3,(H,19,21,23)/t11-,12-/m0/s1. The molecule has 2 fully saturated rings. The maximum Gasteiger partial charge on any atom is 0.257 e. The van der Waals surface area contributed by atoms with Gasteiger partial charge in [0.25, 0.3) is 5.91 Å². The Balaban J connectivity index is 1.45. The quantitative estimate of drug-likeness (QED) is 0.794. The number of rotatable bonds is 5. The summed E-state index contributed by atoms with van der Waals surface area (Å²) in [5, 5.41) is 12.2.